The highest BCUT2D eigenvalue weighted by Crippen LogP contribution is 2.28. The maximum absolute atomic E-state index is 13.5. The van der Waals surface area contributed by atoms with Crippen LogP contribution < -0.4 is 9.62 Å². The molecule has 0 radical (unpaired) electrons. The second-order valence-electron chi connectivity index (χ2n) is 7.49. The third-order valence-electron chi connectivity index (χ3n) is 5.09. The quantitative estimate of drug-likeness (QED) is 0.509. The summed E-state index contributed by atoms with van der Waals surface area (Å²) < 4.78 is 28.2. The Labute approximate surface area is 188 Å². The fraction of sp³-hybridized carbons (Fsp3) is 0.200. The van der Waals surface area contributed by atoms with Crippen molar-refractivity contribution in [2.75, 3.05) is 16.2 Å². The van der Waals surface area contributed by atoms with Crippen LogP contribution in [0.15, 0.2) is 77.7 Å². The summed E-state index contributed by atoms with van der Waals surface area (Å²) in [7, 11) is -3.99. The Balaban J connectivity index is 1.98. The third-order valence-corrected chi connectivity index (χ3v) is 6.86. The number of rotatable bonds is 8. The van der Waals surface area contributed by atoms with Crippen molar-refractivity contribution in [3.63, 3.8) is 0 Å². The third kappa shape index (κ3) is 5.23. The molecule has 0 unspecified atom stereocenters. The van der Waals surface area contributed by atoms with Gasteiger partial charge in [0.15, 0.2) is 5.78 Å². The van der Waals surface area contributed by atoms with Gasteiger partial charge in [0.25, 0.3) is 10.0 Å². The molecule has 0 bridgehead atoms. The van der Waals surface area contributed by atoms with Gasteiger partial charge in [-0.3, -0.25) is 13.9 Å². The van der Waals surface area contributed by atoms with Gasteiger partial charge in [-0.15, -0.1) is 0 Å². The minimum Gasteiger partial charge on any atom is -0.324 e. The van der Waals surface area contributed by atoms with E-state index in [1.165, 1.54) is 6.92 Å². The molecule has 0 aromatic heterocycles. The number of para-hydroxylation sites is 1. The first-order valence-corrected chi connectivity index (χ1v) is 11.7. The molecule has 0 saturated carbocycles. The van der Waals surface area contributed by atoms with E-state index in [0.29, 0.717) is 23.4 Å². The molecular weight excluding hydrogens is 424 g/mol. The van der Waals surface area contributed by atoms with Crippen molar-refractivity contribution in [2.45, 2.75) is 32.1 Å². The zero-order valence-corrected chi connectivity index (χ0v) is 19.1. The molecule has 3 aromatic carbocycles. The topological polar surface area (TPSA) is 83.6 Å². The number of nitrogens with zero attached hydrogens (tertiary/aromatic N) is 1. The van der Waals surface area contributed by atoms with Crippen molar-refractivity contribution in [2.24, 2.45) is 0 Å². The van der Waals surface area contributed by atoms with Gasteiger partial charge in [0.2, 0.25) is 5.91 Å². The second kappa shape index (κ2) is 9.78. The molecule has 0 saturated heterocycles. The fourth-order valence-electron chi connectivity index (χ4n) is 3.34. The van der Waals surface area contributed by atoms with E-state index in [-0.39, 0.29) is 10.7 Å². The van der Waals surface area contributed by atoms with Gasteiger partial charge in [0.05, 0.1) is 10.6 Å². The van der Waals surface area contributed by atoms with Crippen molar-refractivity contribution < 1.29 is 18.0 Å². The molecule has 3 rings (SSSR count). The summed E-state index contributed by atoms with van der Waals surface area (Å²) in [6, 6.07) is 20.2. The number of nitrogens with one attached hydrogen (secondary N) is 1. The van der Waals surface area contributed by atoms with Gasteiger partial charge in [0.1, 0.15) is 6.54 Å². The molecule has 0 fully saturated rings. The Kier molecular flexibility index (Phi) is 7.10. The Morgan fingerprint density at radius 1 is 0.938 bits per heavy atom. The van der Waals surface area contributed by atoms with Crippen LogP contribution in [0.3, 0.4) is 0 Å². The van der Waals surface area contributed by atoms with Crippen LogP contribution in [0.2, 0.25) is 0 Å². The number of anilines is 2. The molecule has 0 aliphatic carbocycles. The predicted molar refractivity (Wildman–Crippen MR) is 127 cm³/mol. The normalized spacial score (nSPS) is 11.1. The van der Waals surface area contributed by atoms with Crippen LogP contribution in [-0.2, 0) is 21.2 Å². The molecule has 1 N–H and O–H groups in total. The van der Waals surface area contributed by atoms with E-state index in [1.54, 1.807) is 60.7 Å². The molecule has 7 heteroatoms. The molecule has 0 atom stereocenters. The van der Waals surface area contributed by atoms with Crippen molar-refractivity contribution in [1.29, 1.82) is 0 Å². The average molecular weight is 451 g/mol. The Hall–Kier alpha value is -3.45. The fourth-order valence-corrected chi connectivity index (χ4v) is 4.80. The largest absolute Gasteiger partial charge is 0.324 e. The number of amides is 1. The van der Waals surface area contributed by atoms with Crippen molar-refractivity contribution >= 4 is 33.1 Å². The molecule has 166 valence electrons. The standard InChI is InChI=1S/C25H26N2O4S/c1-4-20-8-5-6-11-24(20)27(32(30,31)23-14-12-18(2)13-15-23)17-25(29)26-22-10-7-9-21(16-22)19(3)28/h5-16H,4,17H2,1-3H3,(H,26,29). The lowest BCUT2D eigenvalue weighted by atomic mass is 10.1. The second-order valence-corrected chi connectivity index (χ2v) is 9.35. The van der Waals surface area contributed by atoms with Crippen molar-refractivity contribution in [3.05, 3.63) is 89.5 Å². The van der Waals surface area contributed by atoms with Crippen LogP contribution >= 0.6 is 0 Å². The number of Topliss-reactive ketones (excluding diaryl/α,β-unsaturated/α-hetero) is 1. The van der Waals surface area contributed by atoms with Crippen LogP contribution in [0, 0.1) is 6.92 Å². The number of hydrogen-bond donors (Lipinski definition) is 1. The Bertz CT molecular complexity index is 1230. The monoisotopic (exact) mass is 450 g/mol. The van der Waals surface area contributed by atoms with E-state index in [9.17, 15) is 18.0 Å². The van der Waals surface area contributed by atoms with Gasteiger partial charge in [-0.25, -0.2) is 8.42 Å². The Morgan fingerprint density at radius 3 is 2.28 bits per heavy atom. The van der Waals surface area contributed by atoms with Crippen LogP contribution in [-0.4, -0.2) is 26.7 Å². The molecule has 3 aromatic rings. The number of hydrogen-bond acceptors (Lipinski definition) is 4. The number of aryl methyl sites for hydroxylation is 2. The summed E-state index contributed by atoms with van der Waals surface area (Å²) in [5, 5.41) is 2.71. The summed E-state index contributed by atoms with van der Waals surface area (Å²) in [6.07, 6.45) is 0.609. The molecule has 6 nitrogen and oxygen atoms in total. The first kappa shape index (κ1) is 23.2. The lowest BCUT2D eigenvalue weighted by molar-refractivity contribution is -0.114. The van der Waals surface area contributed by atoms with E-state index in [2.05, 4.69) is 5.32 Å². The number of ketones is 1. The van der Waals surface area contributed by atoms with Crippen LogP contribution in [0.25, 0.3) is 0 Å². The van der Waals surface area contributed by atoms with E-state index in [1.807, 2.05) is 26.0 Å². The molecule has 0 aliphatic heterocycles. The summed E-state index contributed by atoms with van der Waals surface area (Å²) in [4.78, 5) is 24.6. The zero-order chi connectivity index (χ0) is 23.3. The van der Waals surface area contributed by atoms with Gasteiger partial charge in [-0.1, -0.05) is 55.0 Å². The van der Waals surface area contributed by atoms with Crippen LogP contribution in [0.1, 0.15) is 35.3 Å². The van der Waals surface area contributed by atoms with Gasteiger partial charge in [0, 0.05) is 11.3 Å². The van der Waals surface area contributed by atoms with E-state index >= 15 is 0 Å². The smallest absolute Gasteiger partial charge is 0.264 e. The number of carbonyl (C=O) groups is 2. The van der Waals surface area contributed by atoms with Crippen molar-refractivity contribution in [1.82, 2.24) is 0 Å². The Morgan fingerprint density at radius 2 is 1.62 bits per heavy atom. The summed E-state index contributed by atoms with van der Waals surface area (Å²) >= 11 is 0. The highest BCUT2D eigenvalue weighted by atomic mass is 32.2. The van der Waals surface area contributed by atoms with Crippen LogP contribution in [0.5, 0.6) is 0 Å². The van der Waals surface area contributed by atoms with Crippen LogP contribution in [0.4, 0.5) is 11.4 Å². The molecule has 32 heavy (non-hydrogen) atoms. The average Bonchev–Trinajstić information content (AvgIpc) is 2.78. The zero-order valence-electron chi connectivity index (χ0n) is 18.3. The molecular formula is C25H26N2O4S. The first-order chi connectivity index (χ1) is 15.2. The number of sulfonamides is 1. The predicted octanol–water partition coefficient (Wildman–Crippen LogP) is 4.59. The summed E-state index contributed by atoms with van der Waals surface area (Å²) in [6.45, 7) is 4.85. The lowest BCUT2D eigenvalue weighted by Gasteiger charge is -2.26. The minimum absolute atomic E-state index is 0.111. The maximum Gasteiger partial charge on any atom is 0.264 e. The minimum atomic E-state index is -3.99. The van der Waals surface area contributed by atoms with Gasteiger partial charge >= 0.3 is 0 Å². The molecule has 0 heterocycles. The first-order valence-electron chi connectivity index (χ1n) is 10.3. The van der Waals surface area contributed by atoms with E-state index in [4.69, 9.17) is 0 Å². The van der Waals surface area contributed by atoms with Gasteiger partial charge < -0.3 is 5.32 Å². The van der Waals surface area contributed by atoms with Gasteiger partial charge in [-0.05, 0) is 56.2 Å². The number of carbonyl (C=O) groups excluding carboxylic acids is 2. The number of benzene rings is 3. The SMILES string of the molecule is CCc1ccccc1N(CC(=O)Nc1cccc(C(C)=O)c1)S(=O)(=O)c1ccc(C)cc1. The summed E-state index contributed by atoms with van der Waals surface area (Å²) in [5.74, 6) is -0.631. The maximum atomic E-state index is 13.5. The van der Waals surface area contributed by atoms with E-state index in [0.717, 1.165) is 15.4 Å². The lowest BCUT2D eigenvalue weighted by Crippen LogP contribution is -2.38. The molecule has 1 amide bonds. The van der Waals surface area contributed by atoms with Gasteiger partial charge in [-0.2, -0.15) is 0 Å². The highest BCUT2D eigenvalue weighted by Gasteiger charge is 2.28. The molecule has 0 aliphatic rings. The highest BCUT2D eigenvalue weighted by molar-refractivity contribution is 7.92. The van der Waals surface area contributed by atoms with E-state index < -0.39 is 22.5 Å². The summed E-state index contributed by atoms with van der Waals surface area (Å²) in [5.41, 5.74) is 3.10. The van der Waals surface area contributed by atoms with Crippen molar-refractivity contribution in [3.8, 4) is 0 Å². The molecule has 0 spiro atoms.